The highest BCUT2D eigenvalue weighted by atomic mass is 35.5. The van der Waals surface area contributed by atoms with Crippen molar-refractivity contribution in [2.45, 2.75) is 23.2 Å². The number of hydrogen-bond acceptors (Lipinski definition) is 6. The maximum atomic E-state index is 13.2. The van der Waals surface area contributed by atoms with Crippen LogP contribution in [0.25, 0.3) is 10.2 Å². The first-order valence-electron chi connectivity index (χ1n) is 9.43. The van der Waals surface area contributed by atoms with E-state index in [1.54, 1.807) is 35.2 Å². The minimum absolute atomic E-state index is 0.0441. The molecule has 1 aliphatic heterocycles. The molecule has 3 heterocycles. The molecule has 2 aromatic heterocycles. The summed E-state index contributed by atoms with van der Waals surface area (Å²) in [6.45, 7) is 0.771. The van der Waals surface area contributed by atoms with Crippen molar-refractivity contribution in [2.75, 3.05) is 13.6 Å². The zero-order valence-corrected chi connectivity index (χ0v) is 19.0. The summed E-state index contributed by atoms with van der Waals surface area (Å²) in [6.07, 6.45) is 0.399. The van der Waals surface area contributed by atoms with Crippen LogP contribution in [0.4, 0.5) is 0 Å². The second kappa shape index (κ2) is 8.19. The van der Waals surface area contributed by atoms with Gasteiger partial charge in [0.1, 0.15) is 21.2 Å². The van der Waals surface area contributed by atoms with Crippen molar-refractivity contribution in [1.82, 2.24) is 14.2 Å². The smallest absolute Gasteiger partial charge is 0.253 e. The molecule has 162 valence electrons. The van der Waals surface area contributed by atoms with Gasteiger partial charge in [0.25, 0.3) is 10.0 Å². The monoisotopic (exact) mass is 477 g/mol. The highest BCUT2D eigenvalue weighted by Crippen LogP contribution is 2.32. The second-order valence-corrected chi connectivity index (χ2v) is 11.0. The molecule has 31 heavy (non-hydrogen) atoms. The Labute approximate surface area is 188 Å². The van der Waals surface area contributed by atoms with E-state index in [1.807, 2.05) is 6.07 Å². The van der Waals surface area contributed by atoms with Crippen LogP contribution in [0.15, 0.2) is 46.7 Å². The number of nitrogen functional groups attached to an aromatic ring is 1. The highest BCUT2D eigenvalue weighted by Gasteiger charge is 2.40. The molecule has 1 saturated heterocycles. The quantitative estimate of drug-likeness (QED) is 0.321. The van der Waals surface area contributed by atoms with Gasteiger partial charge in [-0.2, -0.15) is 4.31 Å². The van der Waals surface area contributed by atoms with Crippen LogP contribution in [0.5, 0.6) is 0 Å². The van der Waals surface area contributed by atoms with E-state index in [2.05, 4.69) is 4.98 Å². The van der Waals surface area contributed by atoms with E-state index in [1.165, 1.54) is 13.1 Å². The minimum atomic E-state index is -3.87. The number of likely N-dealkylation sites (tertiary alicyclic amines) is 1. The summed E-state index contributed by atoms with van der Waals surface area (Å²) >= 11 is 7.00. The summed E-state index contributed by atoms with van der Waals surface area (Å²) in [4.78, 5) is 18.8. The van der Waals surface area contributed by atoms with Gasteiger partial charge in [-0.05, 0) is 36.2 Å². The van der Waals surface area contributed by atoms with Crippen LogP contribution in [0.2, 0.25) is 5.15 Å². The number of hydrogen-bond donors (Lipinski definition) is 2. The van der Waals surface area contributed by atoms with Gasteiger partial charge in [-0.1, -0.05) is 29.8 Å². The number of carbonyl (C=O) groups excluding carboxylic acids is 1. The normalized spacial score (nSPS) is 17.1. The summed E-state index contributed by atoms with van der Waals surface area (Å²) in [6, 6.07) is 11.2. The van der Waals surface area contributed by atoms with E-state index >= 15 is 0 Å². The number of nitrogens with two attached hydrogens (primary N) is 1. The molecule has 11 heteroatoms. The lowest BCUT2D eigenvalue weighted by Crippen LogP contribution is -2.42. The third-order valence-electron chi connectivity index (χ3n) is 5.27. The van der Waals surface area contributed by atoms with Gasteiger partial charge in [-0.15, -0.1) is 11.3 Å². The SMILES string of the molecule is CN(C1CCN(Cc2cccc(C(=N)N)c2)C1=O)S(=O)(=O)c1cc2nc(Cl)ccc2s1. The maximum Gasteiger partial charge on any atom is 0.253 e. The van der Waals surface area contributed by atoms with Crippen LogP contribution in [-0.2, 0) is 21.4 Å². The Morgan fingerprint density at radius 2 is 2.13 bits per heavy atom. The Kier molecular flexibility index (Phi) is 5.73. The molecule has 1 unspecified atom stereocenters. The average molecular weight is 478 g/mol. The van der Waals surface area contributed by atoms with E-state index < -0.39 is 16.1 Å². The lowest BCUT2D eigenvalue weighted by atomic mass is 10.1. The number of sulfonamides is 1. The first kappa shape index (κ1) is 21.7. The number of pyridine rings is 1. The van der Waals surface area contributed by atoms with Crippen LogP contribution >= 0.6 is 22.9 Å². The summed E-state index contributed by atoms with van der Waals surface area (Å²) in [5, 5.41) is 7.85. The van der Waals surface area contributed by atoms with E-state index in [-0.39, 0.29) is 21.1 Å². The molecular weight excluding hydrogens is 458 g/mol. The number of halogens is 1. The zero-order chi connectivity index (χ0) is 22.3. The molecular formula is C20H20ClN5O3S2. The summed E-state index contributed by atoms with van der Waals surface area (Å²) in [5.74, 6) is -0.293. The van der Waals surface area contributed by atoms with E-state index in [0.29, 0.717) is 35.3 Å². The number of benzene rings is 1. The predicted octanol–water partition coefficient (Wildman–Crippen LogP) is 2.66. The van der Waals surface area contributed by atoms with Gasteiger partial charge in [-0.3, -0.25) is 10.2 Å². The molecule has 8 nitrogen and oxygen atoms in total. The minimum Gasteiger partial charge on any atom is -0.384 e. The zero-order valence-electron chi connectivity index (χ0n) is 16.6. The molecule has 1 aromatic carbocycles. The van der Waals surface area contributed by atoms with E-state index in [4.69, 9.17) is 22.7 Å². The first-order valence-corrected chi connectivity index (χ1v) is 12.1. The molecule has 3 aromatic rings. The largest absolute Gasteiger partial charge is 0.384 e. The van der Waals surface area contributed by atoms with Crippen LogP contribution in [0.1, 0.15) is 17.5 Å². The van der Waals surface area contributed by atoms with Crippen molar-refractivity contribution in [3.63, 3.8) is 0 Å². The summed E-state index contributed by atoms with van der Waals surface area (Å²) in [7, 11) is -2.43. The van der Waals surface area contributed by atoms with E-state index in [9.17, 15) is 13.2 Å². The van der Waals surface area contributed by atoms with Gasteiger partial charge >= 0.3 is 0 Å². The molecule has 1 aliphatic rings. The number of aromatic nitrogens is 1. The molecule has 0 saturated carbocycles. The number of nitrogens with one attached hydrogen (secondary N) is 1. The van der Waals surface area contributed by atoms with Gasteiger partial charge < -0.3 is 10.6 Å². The molecule has 0 bridgehead atoms. The van der Waals surface area contributed by atoms with Gasteiger partial charge in [0.05, 0.1) is 10.2 Å². The number of nitrogens with zero attached hydrogens (tertiary/aromatic N) is 3. The number of fused-ring (bicyclic) bond motifs is 1. The first-order chi connectivity index (χ1) is 14.7. The molecule has 4 rings (SSSR count). The Hall–Kier alpha value is -2.53. The van der Waals surface area contributed by atoms with Crippen LogP contribution in [-0.4, -0.2) is 54.0 Å². The molecule has 0 spiro atoms. The van der Waals surface area contributed by atoms with Crippen molar-refractivity contribution in [1.29, 1.82) is 5.41 Å². The van der Waals surface area contributed by atoms with Gasteiger partial charge in [0.2, 0.25) is 5.91 Å². The third kappa shape index (κ3) is 4.16. The average Bonchev–Trinajstić information content (AvgIpc) is 3.31. The topological polar surface area (TPSA) is 120 Å². The number of amides is 1. The van der Waals surface area contributed by atoms with Crippen LogP contribution in [0.3, 0.4) is 0 Å². The molecule has 1 fully saturated rings. The Balaban J connectivity index is 1.53. The standard InChI is InChI=1S/C20H20ClN5O3S2/c1-25(31(28,29)18-10-14-16(30-18)5-6-17(21)24-14)15-7-8-26(20(15)27)11-12-3-2-4-13(9-12)19(22)23/h2-6,9-10,15H,7-8,11H2,1H3,(H3,22,23). The summed E-state index contributed by atoms with van der Waals surface area (Å²) in [5.41, 5.74) is 7.46. The lowest BCUT2D eigenvalue weighted by Gasteiger charge is -2.23. The van der Waals surface area contributed by atoms with Crippen LogP contribution in [0, 0.1) is 5.41 Å². The number of carbonyl (C=O) groups is 1. The van der Waals surface area contributed by atoms with Gasteiger partial charge in [-0.25, -0.2) is 13.4 Å². The summed E-state index contributed by atoms with van der Waals surface area (Å²) < 4.78 is 28.3. The fraction of sp³-hybridized carbons (Fsp3) is 0.250. The fourth-order valence-electron chi connectivity index (χ4n) is 3.59. The molecule has 3 N–H and O–H groups in total. The highest BCUT2D eigenvalue weighted by molar-refractivity contribution is 7.91. The lowest BCUT2D eigenvalue weighted by molar-refractivity contribution is -0.131. The number of rotatable bonds is 6. The van der Waals surface area contributed by atoms with Crippen molar-refractivity contribution < 1.29 is 13.2 Å². The van der Waals surface area contributed by atoms with E-state index in [0.717, 1.165) is 21.2 Å². The fourth-order valence-corrected chi connectivity index (χ4v) is 6.59. The second-order valence-electron chi connectivity index (χ2n) is 7.28. The van der Waals surface area contributed by atoms with Crippen molar-refractivity contribution in [2.24, 2.45) is 5.73 Å². The predicted molar refractivity (Wildman–Crippen MR) is 121 cm³/mol. The number of thiophene rings is 1. The third-order valence-corrected chi connectivity index (χ3v) is 8.89. The Bertz CT molecular complexity index is 1290. The maximum absolute atomic E-state index is 13.2. The number of amidine groups is 1. The Morgan fingerprint density at radius 3 is 2.87 bits per heavy atom. The van der Waals surface area contributed by atoms with Gasteiger partial charge in [0.15, 0.2) is 0 Å². The molecule has 1 atom stereocenters. The molecule has 1 amide bonds. The van der Waals surface area contributed by atoms with Crippen molar-refractivity contribution >= 4 is 54.9 Å². The number of likely N-dealkylation sites (N-methyl/N-ethyl adjacent to an activating group) is 1. The molecule has 0 radical (unpaired) electrons. The van der Waals surface area contributed by atoms with Gasteiger partial charge in [0, 0.05) is 25.7 Å². The van der Waals surface area contributed by atoms with Crippen molar-refractivity contribution in [3.8, 4) is 0 Å². The van der Waals surface area contributed by atoms with Crippen molar-refractivity contribution in [3.05, 3.63) is 58.7 Å². The van der Waals surface area contributed by atoms with Crippen LogP contribution < -0.4 is 5.73 Å². The Morgan fingerprint density at radius 1 is 1.35 bits per heavy atom. The molecule has 0 aliphatic carbocycles.